The Balaban J connectivity index is 1.39. The van der Waals surface area contributed by atoms with Gasteiger partial charge < -0.3 is 5.32 Å². The molecule has 5 rings (SSSR count). The second kappa shape index (κ2) is 9.76. The van der Waals surface area contributed by atoms with Crippen molar-refractivity contribution in [2.45, 2.75) is 23.8 Å². The third kappa shape index (κ3) is 4.70. The number of anilines is 1. The van der Waals surface area contributed by atoms with E-state index in [1.165, 1.54) is 16.4 Å². The lowest BCUT2D eigenvalue weighted by Gasteiger charge is -2.30. The van der Waals surface area contributed by atoms with Gasteiger partial charge >= 0.3 is 0 Å². The minimum Gasteiger partial charge on any atom is -0.341 e. The maximum Gasteiger partial charge on any atom is 0.264 e. The Morgan fingerprint density at radius 1 is 0.743 bits per heavy atom. The number of fused-ring (bicyclic) bond motifs is 1. The average Bonchev–Trinajstić information content (AvgIpc) is 2.92. The van der Waals surface area contributed by atoms with Crippen LogP contribution >= 0.6 is 0 Å². The van der Waals surface area contributed by atoms with Crippen LogP contribution in [0.3, 0.4) is 0 Å². The lowest BCUT2D eigenvalue weighted by Crippen LogP contribution is -2.35. The van der Waals surface area contributed by atoms with Crippen LogP contribution in [0.2, 0.25) is 0 Å². The molecule has 0 atom stereocenters. The highest BCUT2D eigenvalue weighted by molar-refractivity contribution is 7.92. The van der Waals surface area contributed by atoms with E-state index >= 15 is 0 Å². The van der Waals surface area contributed by atoms with E-state index in [-0.39, 0.29) is 16.8 Å². The molecule has 0 bridgehead atoms. The first-order chi connectivity index (χ1) is 17.0. The molecule has 0 fully saturated rings. The van der Waals surface area contributed by atoms with Gasteiger partial charge in [0.05, 0.1) is 16.6 Å². The zero-order chi connectivity index (χ0) is 24.3. The average molecular weight is 483 g/mol. The van der Waals surface area contributed by atoms with E-state index in [1.807, 2.05) is 84.9 Å². The highest BCUT2D eigenvalue weighted by atomic mass is 32.2. The summed E-state index contributed by atoms with van der Waals surface area (Å²) in [7, 11) is -3.73. The van der Waals surface area contributed by atoms with Crippen LogP contribution in [0.15, 0.2) is 114 Å². The highest BCUT2D eigenvalue weighted by Crippen LogP contribution is 2.32. The number of aryl methyl sites for hydroxylation is 1. The number of para-hydroxylation sites is 1. The van der Waals surface area contributed by atoms with Gasteiger partial charge in [-0.2, -0.15) is 0 Å². The summed E-state index contributed by atoms with van der Waals surface area (Å²) in [5.41, 5.74) is 4.10. The van der Waals surface area contributed by atoms with Crippen molar-refractivity contribution in [2.75, 3.05) is 10.8 Å². The summed E-state index contributed by atoms with van der Waals surface area (Å²) < 4.78 is 28.3. The molecular formula is C29H26N2O3S. The number of nitrogens with zero attached hydrogens (tertiary/aromatic N) is 1. The normalized spacial score (nSPS) is 13.3. The van der Waals surface area contributed by atoms with Crippen molar-refractivity contribution in [1.82, 2.24) is 5.32 Å². The van der Waals surface area contributed by atoms with Gasteiger partial charge in [-0.25, -0.2) is 8.42 Å². The summed E-state index contributed by atoms with van der Waals surface area (Å²) in [6.07, 6.45) is 1.64. The maximum atomic E-state index is 13.4. The van der Waals surface area contributed by atoms with Gasteiger partial charge in [-0.3, -0.25) is 9.10 Å². The van der Waals surface area contributed by atoms with E-state index in [9.17, 15) is 13.2 Å². The molecular weight excluding hydrogens is 456 g/mol. The van der Waals surface area contributed by atoms with Gasteiger partial charge in [0.15, 0.2) is 0 Å². The van der Waals surface area contributed by atoms with Crippen LogP contribution in [-0.4, -0.2) is 20.9 Å². The Hall–Kier alpha value is -3.90. The molecule has 0 saturated heterocycles. The second-order valence-electron chi connectivity index (χ2n) is 8.56. The number of hydrogen-bond donors (Lipinski definition) is 1. The topological polar surface area (TPSA) is 66.5 Å². The van der Waals surface area contributed by atoms with Crippen LogP contribution in [0.1, 0.15) is 39.5 Å². The molecule has 1 heterocycles. The van der Waals surface area contributed by atoms with Gasteiger partial charge in [0.2, 0.25) is 0 Å². The number of amides is 1. The Morgan fingerprint density at radius 3 is 1.94 bits per heavy atom. The zero-order valence-electron chi connectivity index (χ0n) is 19.2. The van der Waals surface area contributed by atoms with Crippen LogP contribution in [0.25, 0.3) is 0 Å². The first-order valence-electron chi connectivity index (χ1n) is 11.7. The predicted octanol–water partition coefficient (Wildman–Crippen LogP) is 5.35. The van der Waals surface area contributed by atoms with E-state index < -0.39 is 10.0 Å². The lowest BCUT2D eigenvalue weighted by molar-refractivity contribution is 0.0943. The fraction of sp³-hybridized carbons (Fsp3) is 0.138. The molecule has 35 heavy (non-hydrogen) atoms. The standard InChI is InChI=1S/C29H26N2O3S/c32-29(30-28(23-11-3-1-4-12-23)24-13-5-2-6-14-24)25-17-19-26(20-18-25)35(33,34)31-21-9-15-22-10-7-8-16-27(22)31/h1-8,10-14,16-20,28H,9,15,21H2,(H,30,32). The molecule has 0 saturated carbocycles. The predicted molar refractivity (Wildman–Crippen MR) is 138 cm³/mol. The Morgan fingerprint density at radius 2 is 1.31 bits per heavy atom. The number of sulfonamides is 1. The van der Waals surface area contributed by atoms with E-state index in [4.69, 9.17) is 0 Å². The molecule has 0 aromatic heterocycles. The summed E-state index contributed by atoms with van der Waals surface area (Å²) in [6, 6.07) is 33.0. The molecule has 1 aliphatic rings. The molecule has 5 nitrogen and oxygen atoms in total. The van der Waals surface area contributed by atoms with E-state index in [2.05, 4.69) is 5.32 Å². The fourth-order valence-electron chi connectivity index (χ4n) is 4.52. The van der Waals surface area contributed by atoms with Crippen molar-refractivity contribution in [3.63, 3.8) is 0 Å². The van der Waals surface area contributed by atoms with Crippen LogP contribution in [0, 0.1) is 0 Å². The largest absolute Gasteiger partial charge is 0.341 e. The van der Waals surface area contributed by atoms with Crippen LogP contribution in [0.5, 0.6) is 0 Å². The van der Waals surface area contributed by atoms with Gasteiger partial charge in [-0.05, 0) is 59.9 Å². The molecule has 4 aromatic rings. The summed E-state index contributed by atoms with van der Waals surface area (Å²) in [5.74, 6) is -0.269. The number of nitrogens with one attached hydrogen (secondary N) is 1. The summed E-state index contributed by atoms with van der Waals surface area (Å²) in [4.78, 5) is 13.3. The van der Waals surface area contributed by atoms with Gasteiger partial charge in [0.25, 0.3) is 15.9 Å². The molecule has 0 unspecified atom stereocenters. The van der Waals surface area contributed by atoms with Gasteiger partial charge in [0.1, 0.15) is 0 Å². The summed E-state index contributed by atoms with van der Waals surface area (Å²) in [5, 5.41) is 3.10. The van der Waals surface area contributed by atoms with Crippen molar-refractivity contribution in [2.24, 2.45) is 0 Å². The Bertz CT molecular complexity index is 1380. The maximum absolute atomic E-state index is 13.4. The highest BCUT2D eigenvalue weighted by Gasteiger charge is 2.29. The van der Waals surface area contributed by atoms with E-state index in [1.54, 1.807) is 12.1 Å². The first kappa shape index (κ1) is 22.9. The number of hydrogen-bond acceptors (Lipinski definition) is 3. The first-order valence-corrected chi connectivity index (χ1v) is 13.1. The molecule has 0 radical (unpaired) electrons. The minimum absolute atomic E-state index is 0.174. The molecule has 4 aromatic carbocycles. The molecule has 0 spiro atoms. The zero-order valence-corrected chi connectivity index (χ0v) is 20.0. The fourth-order valence-corrected chi connectivity index (χ4v) is 6.06. The van der Waals surface area contributed by atoms with Gasteiger partial charge in [0, 0.05) is 12.1 Å². The van der Waals surface area contributed by atoms with Crippen molar-refractivity contribution in [1.29, 1.82) is 0 Å². The molecule has 1 aliphatic heterocycles. The van der Waals surface area contributed by atoms with Gasteiger partial charge in [-0.15, -0.1) is 0 Å². The van der Waals surface area contributed by atoms with Crippen molar-refractivity contribution >= 4 is 21.6 Å². The molecule has 0 aliphatic carbocycles. The molecule has 6 heteroatoms. The monoisotopic (exact) mass is 482 g/mol. The van der Waals surface area contributed by atoms with Crippen LogP contribution < -0.4 is 9.62 Å². The lowest BCUT2D eigenvalue weighted by atomic mass is 9.98. The van der Waals surface area contributed by atoms with E-state index in [0.717, 1.165) is 35.2 Å². The Kier molecular flexibility index (Phi) is 6.38. The summed E-state index contributed by atoms with van der Waals surface area (Å²) >= 11 is 0. The van der Waals surface area contributed by atoms with Crippen LogP contribution in [-0.2, 0) is 16.4 Å². The molecule has 1 amide bonds. The number of benzene rings is 4. The SMILES string of the molecule is O=C(NC(c1ccccc1)c1ccccc1)c1ccc(S(=O)(=O)N2CCCc3ccccc32)cc1. The quantitative estimate of drug-likeness (QED) is 0.403. The second-order valence-corrected chi connectivity index (χ2v) is 10.4. The number of carbonyl (C=O) groups is 1. The smallest absolute Gasteiger partial charge is 0.264 e. The third-order valence-corrected chi connectivity index (χ3v) is 8.14. The molecule has 176 valence electrons. The van der Waals surface area contributed by atoms with Crippen molar-refractivity contribution in [3.05, 3.63) is 131 Å². The summed E-state index contributed by atoms with van der Waals surface area (Å²) in [6.45, 7) is 0.442. The number of rotatable bonds is 6. The Labute approximate surface area is 206 Å². The van der Waals surface area contributed by atoms with Crippen molar-refractivity contribution < 1.29 is 13.2 Å². The van der Waals surface area contributed by atoms with Crippen LogP contribution in [0.4, 0.5) is 5.69 Å². The minimum atomic E-state index is -3.73. The van der Waals surface area contributed by atoms with Crippen molar-refractivity contribution in [3.8, 4) is 0 Å². The van der Waals surface area contributed by atoms with E-state index in [0.29, 0.717) is 12.1 Å². The number of carbonyl (C=O) groups excluding carboxylic acids is 1. The van der Waals surface area contributed by atoms with Gasteiger partial charge in [-0.1, -0.05) is 78.9 Å². The third-order valence-electron chi connectivity index (χ3n) is 6.31. The molecule has 1 N–H and O–H groups in total.